The van der Waals surface area contributed by atoms with Crippen LogP contribution < -0.4 is 10.2 Å². The van der Waals surface area contributed by atoms with Crippen LogP contribution in [-0.2, 0) is 17.8 Å². The van der Waals surface area contributed by atoms with Gasteiger partial charge in [-0.1, -0.05) is 0 Å². The molecule has 0 radical (unpaired) electrons. The Morgan fingerprint density at radius 3 is 3.10 bits per heavy atom. The summed E-state index contributed by atoms with van der Waals surface area (Å²) in [6, 6.07) is 2.49. The van der Waals surface area contributed by atoms with Gasteiger partial charge in [-0.3, -0.25) is 0 Å². The van der Waals surface area contributed by atoms with Crippen molar-refractivity contribution in [1.29, 1.82) is 0 Å². The van der Waals surface area contributed by atoms with E-state index in [1.165, 1.54) is 12.8 Å². The first-order valence-electron chi connectivity index (χ1n) is 7.97. The molecule has 21 heavy (non-hydrogen) atoms. The summed E-state index contributed by atoms with van der Waals surface area (Å²) in [6.07, 6.45) is 3.39. The fourth-order valence-electron chi connectivity index (χ4n) is 3.46. The fourth-order valence-corrected chi connectivity index (χ4v) is 3.46. The SMILES string of the molecule is C[C@@H]1CNCC2Cc3cc(F)c(COCC4CC4)nc3N21. The third-order valence-electron chi connectivity index (χ3n) is 4.78. The molecule has 1 aromatic rings. The van der Waals surface area contributed by atoms with Crippen LogP contribution in [0.2, 0.25) is 0 Å². The number of aromatic nitrogens is 1. The third-order valence-corrected chi connectivity index (χ3v) is 4.78. The van der Waals surface area contributed by atoms with Crippen LogP contribution in [-0.4, -0.2) is 36.8 Å². The molecule has 1 saturated carbocycles. The Bertz CT molecular complexity index is 547. The smallest absolute Gasteiger partial charge is 0.147 e. The van der Waals surface area contributed by atoms with Gasteiger partial charge in [0.2, 0.25) is 0 Å². The molecular formula is C16H22FN3O. The van der Waals surface area contributed by atoms with Crippen molar-refractivity contribution in [2.45, 2.75) is 44.9 Å². The van der Waals surface area contributed by atoms with Gasteiger partial charge in [0.15, 0.2) is 0 Å². The van der Waals surface area contributed by atoms with Gasteiger partial charge in [0.25, 0.3) is 0 Å². The van der Waals surface area contributed by atoms with E-state index in [0.29, 0.717) is 30.3 Å². The van der Waals surface area contributed by atoms with Crippen molar-refractivity contribution >= 4 is 5.82 Å². The average Bonchev–Trinajstić information content (AvgIpc) is 3.20. The molecule has 2 aliphatic heterocycles. The van der Waals surface area contributed by atoms with Crippen molar-refractivity contribution in [3.63, 3.8) is 0 Å². The molecule has 5 heteroatoms. The Labute approximate surface area is 124 Å². The lowest BCUT2D eigenvalue weighted by Crippen LogP contribution is -2.55. The molecule has 2 atom stereocenters. The van der Waals surface area contributed by atoms with Gasteiger partial charge in [0.05, 0.1) is 6.61 Å². The largest absolute Gasteiger partial charge is 0.375 e. The summed E-state index contributed by atoms with van der Waals surface area (Å²) in [5.74, 6) is 1.45. The third kappa shape index (κ3) is 2.53. The normalized spacial score (nSPS) is 27.6. The molecule has 114 valence electrons. The van der Waals surface area contributed by atoms with Crippen molar-refractivity contribution in [2.24, 2.45) is 5.92 Å². The quantitative estimate of drug-likeness (QED) is 0.919. The zero-order chi connectivity index (χ0) is 14.4. The van der Waals surface area contributed by atoms with Crippen LogP contribution in [0.15, 0.2) is 6.07 Å². The zero-order valence-electron chi connectivity index (χ0n) is 12.4. The van der Waals surface area contributed by atoms with Crippen LogP contribution in [0.4, 0.5) is 10.2 Å². The Morgan fingerprint density at radius 2 is 2.29 bits per heavy atom. The van der Waals surface area contributed by atoms with E-state index in [-0.39, 0.29) is 5.82 Å². The number of nitrogens with zero attached hydrogens (tertiary/aromatic N) is 2. The molecule has 0 amide bonds. The number of piperazine rings is 1. The lowest BCUT2D eigenvalue weighted by molar-refractivity contribution is 0.106. The van der Waals surface area contributed by atoms with Gasteiger partial charge in [-0.05, 0) is 43.7 Å². The second-order valence-corrected chi connectivity index (χ2v) is 6.63. The number of anilines is 1. The van der Waals surface area contributed by atoms with Crippen LogP contribution in [0.5, 0.6) is 0 Å². The number of pyridine rings is 1. The standard InChI is InChI=1S/C16H22FN3O/c1-10-6-18-7-13-4-12-5-14(17)15(19-16(12)20(10)13)9-21-8-11-2-3-11/h5,10-11,13,18H,2-4,6-9H2,1H3/t10-,13?/m1/s1. The lowest BCUT2D eigenvalue weighted by Gasteiger charge is -2.37. The van der Waals surface area contributed by atoms with E-state index < -0.39 is 0 Å². The van der Waals surface area contributed by atoms with Crippen LogP contribution in [0.3, 0.4) is 0 Å². The molecule has 1 saturated heterocycles. The van der Waals surface area contributed by atoms with Gasteiger partial charge >= 0.3 is 0 Å². The minimum Gasteiger partial charge on any atom is -0.375 e. The molecule has 4 rings (SSSR count). The molecule has 0 spiro atoms. The van der Waals surface area contributed by atoms with Gasteiger partial charge in [-0.15, -0.1) is 0 Å². The van der Waals surface area contributed by atoms with Crippen molar-refractivity contribution in [1.82, 2.24) is 10.3 Å². The van der Waals surface area contributed by atoms with Gasteiger partial charge in [0.1, 0.15) is 17.3 Å². The molecule has 2 fully saturated rings. The fraction of sp³-hybridized carbons (Fsp3) is 0.688. The topological polar surface area (TPSA) is 37.4 Å². The Balaban J connectivity index is 1.55. The lowest BCUT2D eigenvalue weighted by atomic mass is 10.1. The first-order valence-corrected chi connectivity index (χ1v) is 7.97. The molecule has 1 aliphatic carbocycles. The Morgan fingerprint density at radius 1 is 1.43 bits per heavy atom. The summed E-state index contributed by atoms with van der Waals surface area (Å²) in [5, 5.41) is 3.44. The van der Waals surface area contributed by atoms with E-state index in [0.717, 1.165) is 37.5 Å². The maximum atomic E-state index is 14.2. The van der Waals surface area contributed by atoms with Crippen LogP contribution in [0.1, 0.15) is 31.0 Å². The summed E-state index contributed by atoms with van der Waals surface area (Å²) >= 11 is 0. The number of hydrogen-bond acceptors (Lipinski definition) is 4. The highest BCUT2D eigenvalue weighted by molar-refractivity contribution is 5.56. The Hall–Kier alpha value is -1.20. The number of halogens is 1. The molecule has 1 unspecified atom stereocenters. The van der Waals surface area contributed by atoms with E-state index >= 15 is 0 Å². The van der Waals surface area contributed by atoms with Crippen LogP contribution in [0, 0.1) is 11.7 Å². The molecule has 3 aliphatic rings. The van der Waals surface area contributed by atoms with Crippen LogP contribution in [0.25, 0.3) is 0 Å². The highest BCUT2D eigenvalue weighted by Crippen LogP contribution is 2.35. The summed E-state index contributed by atoms with van der Waals surface area (Å²) < 4.78 is 19.8. The molecule has 4 nitrogen and oxygen atoms in total. The number of rotatable bonds is 4. The van der Waals surface area contributed by atoms with E-state index in [2.05, 4.69) is 22.1 Å². The second kappa shape index (κ2) is 5.21. The predicted molar refractivity (Wildman–Crippen MR) is 78.9 cm³/mol. The summed E-state index contributed by atoms with van der Waals surface area (Å²) in [6.45, 7) is 5.15. The Kier molecular flexibility index (Phi) is 3.34. The van der Waals surface area contributed by atoms with Gasteiger partial charge < -0.3 is 15.0 Å². The minimum absolute atomic E-state index is 0.218. The first kappa shape index (κ1) is 13.5. The van der Waals surface area contributed by atoms with E-state index in [1.807, 2.05) is 0 Å². The summed E-state index contributed by atoms with van der Waals surface area (Å²) in [5.41, 5.74) is 1.50. The number of hydrogen-bond donors (Lipinski definition) is 1. The molecule has 1 aromatic heterocycles. The molecule has 3 heterocycles. The predicted octanol–water partition coefficient (Wildman–Crippen LogP) is 1.87. The van der Waals surface area contributed by atoms with Crippen molar-refractivity contribution in [2.75, 3.05) is 24.6 Å². The number of fused-ring (bicyclic) bond motifs is 3. The van der Waals surface area contributed by atoms with Crippen molar-refractivity contribution in [3.05, 3.63) is 23.1 Å². The summed E-state index contributed by atoms with van der Waals surface area (Å²) in [4.78, 5) is 6.96. The molecule has 0 aromatic carbocycles. The van der Waals surface area contributed by atoms with Gasteiger partial charge in [-0.25, -0.2) is 9.37 Å². The molecular weight excluding hydrogens is 269 g/mol. The minimum atomic E-state index is -0.218. The van der Waals surface area contributed by atoms with Crippen molar-refractivity contribution < 1.29 is 9.13 Å². The second-order valence-electron chi connectivity index (χ2n) is 6.63. The maximum absolute atomic E-state index is 14.2. The highest BCUT2D eigenvalue weighted by atomic mass is 19.1. The summed E-state index contributed by atoms with van der Waals surface area (Å²) in [7, 11) is 0. The van der Waals surface area contributed by atoms with E-state index in [1.54, 1.807) is 6.07 Å². The molecule has 0 bridgehead atoms. The number of nitrogens with one attached hydrogen (secondary N) is 1. The maximum Gasteiger partial charge on any atom is 0.147 e. The van der Waals surface area contributed by atoms with E-state index in [9.17, 15) is 4.39 Å². The van der Waals surface area contributed by atoms with Crippen molar-refractivity contribution in [3.8, 4) is 0 Å². The van der Waals surface area contributed by atoms with Gasteiger partial charge in [0, 0.05) is 31.8 Å². The number of ether oxygens (including phenoxy) is 1. The monoisotopic (exact) mass is 291 g/mol. The average molecular weight is 291 g/mol. The van der Waals surface area contributed by atoms with Crippen LogP contribution >= 0.6 is 0 Å². The first-order chi connectivity index (χ1) is 10.2. The van der Waals surface area contributed by atoms with E-state index in [4.69, 9.17) is 4.74 Å². The van der Waals surface area contributed by atoms with Gasteiger partial charge in [-0.2, -0.15) is 0 Å². The molecule has 1 N–H and O–H groups in total. The zero-order valence-corrected chi connectivity index (χ0v) is 12.4. The highest BCUT2D eigenvalue weighted by Gasteiger charge is 2.37.